The molecule has 1 aliphatic heterocycles. The zero-order valence-corrected chi connectivity index (χ0v) is 18.7. The maximum atomic E-state index is 14.9. The van der Waals surface area contributed by atoms with Gasteiger partial charge in [-0.15, -0.1) is 10.2 Å². The van der Waals surface area contributed by atoms with Gasteiger partial charge in [-0.2, -0.15) is 0 Å². The van der Waals surface area contributed by atoms with Crippen molar-refractivity contribution in [3.8, 4) is 0 Å². The molecule has 6 nitrogen and oxygen atoms in total. The van der Waals surface area contributed by atoms with Crippen molar-refractivity contribution in [3.05, 3.63) is 85.4 Å². The summed E-state index contributed by atoms with van der Waals surface area (Å²) >= 11 is 7.33. The third-order valence-electron chi connectivity index (χ3n) is 5.28. The number of anilines is 1. The van der Waals surface area contributed by atoms with Gasteiger partial charge >= 0.3 is 0 Å². The predicted octanol–water partition coefficient (Wildman–Crippen LogP) is 5.39. The highest BCUT2D eigenvalue weighted by atomic mass is 35.5. The summed E-state index contributed by atoms with van der Waals surface area (Å²) in [5, 5.41) is 10.0. The number of rotatable bonds is 4. The average Bonchev–Trinajstić information content (AvgIpc) is 3.31. The summed E-state index contributed by atoms with van der Waals surface area (Å²) in [6.07, 6.45) is 0.691. The summed E-state index contributed by atoms with van der Waals surface area (Å²) in [4.78, 5) is 28.3. The van der Waals surface area contributed by atoms with Crippen molar-refractivity contribution in [3.63, 3.8) is 0 Å². The molecule has 2 aromatic heterocycles. The number of nitrogens with zero attached hydrogens (tertiary/aromatic N) is 3. The van der Waals surface area contributed by atoms with Crippen LogP contribution in [0.3, 0.4) is 0 Å². The molecule has 0 spiro atoms. The van der Waals surface area contributed by atoms with Gasteiger partial charge in [0.1, 0.15) is 22.4 Å². The highest BCUT2D eigenvalue weighted by molar-refractivity contribution is 7.15. The number of hydrogen-bond donors (Lipinski definition) is 0. The van der Waals surface area contributed by atoms with Crippen LogP contribution in [-0.4, -0.2) is 16.1 Å². The minimum Gasteiger partial charge on any atom is -0.450 e. The van der Waals surface area contributed by atoms with E-state index in [9.17, 15) is 14.0 Å². The third kappa shape index (κ3) is 3.30. The van der Waals surface area contributed by atoms with Gasteiger partial charge < -0.3 is 4.42 Å². The van der Waals surface area contributed by atoms with Gasteiger partial charge in [-0.25, -0.2) is 4.39 Å². The second-order valence-electron chi connectivity index (χ2n) is 7.99. The van der Waals surface area contributed by atoms with Crippen molar-refractivity contribution in [2.45, 2.75) is 26.3 Å². The number of amides is 1. The van der Waals surface area contributed by atoms with Gasteiger partial charge in [0.05, 0.1) is 10.9 Å². The Labute approximate surface area is 191 Å². The van der Waals surface area contributed by atoms with Crippen molar-refractivity contribution in [2.24, 2.45) is 5.92 Å². The summed E-state index contributed by atoms with van der Waals surface area (Å²) in [6, 6.07) is 9.62. The summed E-state index contributed by atoms with van der Waals surface area (Å²) in [7, 11) is 0. The topological polar surface area (TPSA) is 76.3 Å². The molecular weight excluding hydrogens is 453 g/mol. The molecule has 2 aromatic carbocycles. The molecule has 1 unspecified atom stereocenters. The second-order valence-corrected chi connectivity index (χ2v) is 9.47. The Morgan fingerprint density at radius 1 is 1.19 bits per heavy atom. The molecule has 0 bridgehead atoms. The lowest BCUT2D eigenvalue weighted by Crippen LogP contribution is -2.30. The lowest BCUT2D eigenvalue weighted by atomic mass is 9.98. The first kappa shape index (κ1) is 20.8. The Morgan fingerprint density at radius 2 is 1.97 bits per heavy atom. The number of carbonyl (C=O) groups is 1. The Morgan fingerprint density at radius 3 is 2.72 bits per heavy atom. The van der Waals surface area contributed by atoms with Crippen LogP contribution in [0.25, 0.3) is 11.0 Å². The zero-order valence-electron chi connectivity index (χ0n) is 17.1. The van der Waals surface area contributed by atoms with Crippen molar-refractivity contribution < 1.29 is 13.6 Å². The van der Waals surface area contributed by atoms with E-state index >= 15 is 0 Å². The number of halogens is 2. The van der Waals surface area contributed by atoms with Gasteiger partial charge in [0.15, 0.2) is 5.43 Å². The van der Waals surface area contributed by atoms with Gasteiger partial charge in [-0.1, -0.05) is 55.0 Å². The Hall–Kier alpha value is -3.10. The van der Waals surface area contributed by atoms with Gasteiger partial charge in [0, 0.05) is 17.0 Å². The van der Waals surface area contributed by atoms with E-state index in [1.807, 2.05) is 0 Å². The van der Waals surface area contributed by atoms with E-state index in [1.165, 1.54) is 28.4 Å². The first-order valence-electron chi connectivity index (χ1n) is 10.0. The smallest absolute Gasteiger partial charge is 0.297 e. The van der Waals surface area contributed by atoms with E-state index in [2.05, 4.69) is 24.0 Å². The minimum atomic E-state index is -1.03. The maximum absolute atomic E-state index is 14.9. The summed E-state index contributed by atoms with van der Waals surface area (Å²) in [5.74, 6) is -0.878. The number of hydrogen-bond acceptors (Lipinski definition) is 6. The van der Waals surface area contributed by atoms with Crippen LogP contribution in [0.2, 0.25) is 5.02 Å². The molecular formula is C23H17ClFN3O3S. The maximum Gasteiger partial charge on any atom is 0.297 e. The second kappa shape index (κ2) is 7.79. The molecule has 0 saturated heterocycles. The monoisotopic (exact) mass is 469 g/mol. The van der Waals surface area contributed by atoms with Crippen LogP contribution < -0.4 is 10.3 Å². The fourth-order valence-electron chi connectivity index (χ4n) is 3.91. The molecule has 1 aliphatic rings. The van der Waals surface area contributed by atoms with Gasteiger partial charge in [-0.05, 0) is 30.2 Å². The third-order valence-corrected chi connectivity index (χ3v) is 6.46. The van der Waals surface area contributed by atoms with Gasteiger partial charge in [0.25, 0.3) is 5.91 Å². The molecule has 3 heterocycles. The standard InChI is InChI=1S/C23H17ClFN3O3S/c1-11(2)9-17-26-27-23(32-17)28-19(13-5-3-4-6-15(13)25)18-20(29)14-10-12(24)7-8-16(14)31-21(18)22(28)30/h3-8,10-11,19H,9H2,1-2H3. The summed E-state index contributed by atoms with van der Waals surface area (Å²) in [5.41, 5.74) is 0.0440. The van der Waals surface area contributed by atoms with Crippen LogP contribution in [-0.2, 0) is 6.42 Å². The molecule has 0 saturated carbocycles. The SMILES string of the molecule is CC(C)Cc1nnc(N2C(=O)c3oc4ccc(Cl)cc4c(=O)c3C2c2ccccc2F)s1. The number of benzene rings is 2. The molecule has 0 radical (unpaired) electrons. The first-order valence-corrected chi connectivity index (χ1v) is 11.2. The normalized spacial score (nSPS) is 15.7. The minimum absolute atomic E-state index is 0.0653. The molecule has 9 heteroatoms. The molecule has 1 amide bonds. The van der Waals surface area contributed by atoms with Crippen molar-refractivity contribution in [1.82, 2.24) is 10.2 Å². The van der Waals surface area contributed by atoms with Crippen LogP contribution in [0, 0.1) is 11.7 Å². The van der Waals surface area contributed by atoms with E-state index < -0.39 is 23.2 Å². The highest BCUT2D eigenvalue weighted by Gasteiger charge is 2.46. The Bertz CT molecular complexity index is 1430. The zero-order chi connectivity index (χ0) is 22.6. The molecule has 0 fully saturated rings. The lowest BCUT2D eigenvalue weighted by Gasteiger charge is -2.22. The number of fused-ring (bicyclic) bond motifs is 2. The lowest BCUT2D eigenvalue weighted by molar-refractivity contribution is 0.0970. The average molecular weight is 470 g/mol. The van der Waals surface area contributed by atoms with Crippen LogP contribution in [0.4, 0.5) is 9.52 Å². The van der Waals surface area contributed by atoms with Crippen LogP contribution >= 0.6 is 22.9 Å². The fourth-order valence-corrected chi connectivity index (χ4v) is 5.16. The highest BCUT2D eigenvalue weighted by Crippen LogP contribution is 2.43. The molecule has 162 valence electrons. The largest absolute Gasteiger partial charge is 0.450 e. The van der Waals surface area contributed by atoms with Crippen molar-refractivity contribution >= 4 is 44.9 Å². The van der Waals surface area contributed by atoms with Crippen molar-refractivity contribution in [1.29, 1.82) is 0 Å². The fraction of sp³-hybridized carbons (Fsp3) is 0.217. The summed E-state index contributed by atoms with van der Waals surface area (Å²) < 4.78 is 20.8. The molecule has 5 rings (SSSR count). The van der Waals surface area contributed by atoms with Crippen LogP contribution in [0.15, 0.2) is 51.7 Å². The van der Waals surface area contributed by atoms with Gasteiger partial charge in [0.2, 0.25) is 10.9 Å². The Balaban J connectivity index is 1.76. The van der Waals surface area contributed by atoms with Crippen LogP contribution in [0.1, 0.15) is 46.6 Å². The quantitative estimate of drug-likeness (QED) is 0.400. The number of carbonyl (C=O) groups excluding carboxylic acids is 1. The van der Waals surface area contributed by atoms with Gasteiger partial charge in [-0.3, -0.25) is 14.5 Å². The molecule has 0 aliphatic carbocycles. The predicted molar refractivity (Wildman–Crippen MR) is 121 cm³/mol. The summed E-state index contributed by atoms with van der Waals surface area (Å²) in [6.45, 7) is 4.11. The van der Waals surface area contributed by atoms with E-state index in [-0.39, 0.29) is 33.0 Å². The van der Waals surface area contributed by atoms with Crippen molar-refractivity contribution in [2.75, 3.05) is 4.90 Å². The van der Waals surface area contributed by atoms with E-state index in [1.54, 1.807) is 30.3 Å². The van der Waals surface area contributed by atoms with E-state index in [0.717, 1.165) is 5.01 Å². The Kier molecular flexibility index (Phi) is 5.06. The van der Waals surface area contributed by atoms with E-state index in [4.69, 9.17) is 16.0 Å². The first-order chi connectivity index (χ1) is 15.3. The van der Waals surface area contributed by atoms with Crippen LogP contribution in [0.5, 0.6) is 0 Å². The molecule has 0 N–H and O–H groups in total. The van der Waals surface area contributed by atoms with E-state index in [0.29, 0.717) is 17.4 Å². The molecule has 32 heavy (non-hydrogen) atoms. The molecule has 1 atom stereocenters. The number of aromatic nitrogens is 2. The molecule has 4 aromatic rings.